The quantitative estimate of drug-likeness (QED) is 0.505. The standard InChI is InChI=1S/C30H28F2N6/c1-34-29(22-33)23-2-4-24(5-3-23)30(37-18-14-35(15-19-37)27-10-6-25(31)7-11-27)38-20-16-36(17-21-38)28-12-8-26(32)9-13-28/h2-13H,14-21H2. The lowest BCUT2D eigenvalue weighted by Gasteiger charge is -2.45. The first kappa shape index (κ1) is 25.1. The molecular weight excluding hydrogens is 482 g/mol. The van der Waals surface area contributed by atoms with E-state index in [9.17, 15) is 14.0 Å². The Labute approximate surface area is 221 Å². The summed E-state index contributed by atoms with van der Waals surface area (Å²) in [7, 11) is 0. The van der Waals surface area contributed by atoms with Gasteiger partial charge in [-0.05, 0) is 53.7 Å². The molecule has 0 saturated carbocycles. The topological polar surface area (TPSA) is 41.1 Å². The highest BCUT2D eigenvalue weighted by Crippen LogP contribution is 2.23. The van der Waals surface area contributed by atoms with Crippen molar-refractivity contribution in [3.05, 3.63) is 106 Å². The molecule has 0 aromatic heterocycles. The zero-order chi connectivity index (χ0) is 26.5. The van der Waals surface area contributed by atoms with Gasteiger partial charge in [-0.25, -0.2) is 18.9 Å². The minimum Gasteiger partial charge on any atom is -0.368 e. The van der Waals surface area contributed by atoms with Gasteiger partial charge < -0.3 is 19.6 Å². The smallest absolute Gasteiger partial charge is 0.268 e. The summed E-state index contributed by atoms with van der Waals surface area (Å²) in [6.45, 7) is 13.7. The van der Waals surface area contributed by atoms with Crippen molar-refractivity contribution in [3.63, 3.8) is 0 Å². The van der Waals surface area contributed by atoms with Crippen LogP contribution in [-0.4, -0.2) is 62.2 Å². The number of hydrogen-bond donors (Lipinski definition) is 0. The fourth-order valence-electron chi connectivity index (χ4n) is 5.15. The second-order valence-corrected chi connectivity index (χ2v) is 9.37. The Bertz CT molecular complexity index is 1370. The number of anilines is 2. The van der Waals surface area contributed by atoms with Crippen molar-refractivity contribution < 1.29 is 8.78 Å². The summed E-state index contributed by atoms with van der Waals surface area (Å²) in [4.78, 5) is 12.7. The molecule has 2 aliphatic heterocycles. The van der Waals surface area contributed by atoms with Crippen molar-refractivity contribution in [1.82, 2.24) is 9.80 Å². The molecule has 5 rings (SSSR count). The zero-order valence-corrected chi connectivity index (χ0v) is 21.0. The average Bonchev–Trinajstić information content (AvgIpc) is 2.96. The summed E-state index contributed by atoms with van der Waals surface area (Å²) < 4.78 is 26.8. The maximum absolute atomic E-state index is 13.4. The van der Waals surface area contributed by atoms with Crippen LogP contribution in [0.4, 0.5) is 20.2 Å². The maximum Gasteiger partial charge on any atom is 0.268 e. The lowest BCUT2D eigenvalue weighted by atomic mass is 10.1. The minimum absolute atomic E-state index is 0.0823. The summed E-state index contributed by atoms with van der Waals surface area (Å²) in [6.07, 6.45) is 0. The molecule has 0 atom stereocenters. The predicted molar refractivity (Wildman–Crippen MR) is 145 cm³/mol. The van der Waals surface area contributed by atoms with E-state index in [-0.39, 0.29) is 17.3 Å². The van der Waals surface area contributed by atoms with Gasteiger partial charge in [0.2, 0.25) is 0 Å². The Kier molecular flexibility index (Phi) is 7.42. The Morgan fingerprint density at radius 3 is 1.39 bits per heavy atom. The molecule has 2 saturated heterocycles. The number of halogens is 2. The number of benzene rings is 3. The van der Waals surface area contributed by atoms with Crippen LogP contribution in [0.1, 0.15) is 0 Å². The molecule has 0 aliphatic carbocycles. The van der Waals surface area contributed by atoms with E-state index in [1.807, 2.05) is 54.6 Å². The summed E-state index contributed by atoms with van der Waals surface area (Å²) in [5.41, 5.74) is 2.12. The van der Waals surface area contributed by atoms with Crippen molar-refractivity contribution in [2.45, 2.75) is 0 Å². The van der Waals surface area contributed by atoms with Crippen LogP contribution in [0.5, 0.6) is 0 Å². The highest BCUT2D eigenvalue weighted by atomic mass is 19.1. The molecule has 0 unspecified atom stereocenters. The molecule has 2 fully saturated rings. The third-order valence-electron chi connectivity index (χ3n) is 7.18. The molecule has 0 radical (unpaired) electrons. The molecule has 2 heterocycles. The SMILES string of the molecule is [C-]#[N+]C(C#N)=c1ccc(=C(N2CCN(c3ccc(F)cc3)CC2)N2CCN(c3ccc(F)cc3)CC2)cc1. The van der Waals surface area contributed by atoms with Gasteiger partial charge in [-0.1, -0.05) is 24.3 Å². The van der Waals surface area contributed by atoms with Gasteiger partial charge in [-0.2, -0.15) is 0 Å². The van der Waals surface area contributed by atoms with Gasteiger partial charge in [-0.15, -0.1) is 0 Å². The van der Waals surface area contributed by atoms with Crippen LogP contribution in [0.2, 0.25) is 0 Å². The molecule has 0 bridgehead atoms. The monoisotopic (exact) mass is 510 g/mol. The van der Waals surface area contributed by atoms with Crippen LogP contribution >= 0.6 is 0 Å². The number of hydrogen-bond acceptors (Lipinski definition) is 5. The van der Waals surface area contributed by atoms with Crippen molar-refractivity contribution >= 4 is 22.9 Å². The Morgan fingerprint density at radius 2 is 1.03 bits per heavy atom. The normalized spacial score (nSPS) is 15.6. The number of nitrogens with zero attached hydrogens (tertiary/aromatic N) is 6. The van der Waals surface area contributed by atoms with Crippen LogP contribution in [0.3, 0.4) is 0 Å². The van der Waals surface area contributed by atoms with Gasteiger partial charge in [0.05, 0.1) is 12.6 Å². The number of piperazine rings is 2. The number of nitriles is 1. The summed E-state index contributed by atoms with van der Waals surface area (Å²) >= 11 is 0. The van der Waals surface area contributed by atoms with Crippen molar-refractivity contribution in [2.24, 2.45) is 0 Å². The van der Waals surface area contributed by atoms with E-state index in [2.05, 4.69) is 24.4 Å². The number of rotatable bonds is 4. The maximum atomic E-state index is 13.4. The second-order valence-electron chi connectivity index (χ2n) is 9.37. The lowest BCUT2D eigenvalue weighted by Crippen LogP contribution is -2.54. The molecule has 8 heteroatoms. The highest BCUT2D eigenvalue weighted by Gasteiger charge is 2.26. The van der Waals surface area contributed by atoms with Gasteiger partial charge in [0.15, 0.2) is 0 Å². The van der Waals surface area contributed by atoms with E-state index < -0.39 is 0 Å². The predicted octanol–water partition coefficient (Wildman–Crippen LogP) is 3.23. The van der Waals surface area contributed by atoms with E-state index in [1.165, 1.54) is 24.3 Å². The summed E-state index contributed by atoms with van der Waals surface area (Å²) in [5, 5.41) is 10.9. The Hall–Kier alpha value is -4.56. The first-order valence-electron chi connectivity index (χ1n) is 12.7. The highest BCUT2D eigenvalue weighted by molar-refractivity contribution is 5.65. The molecular formula is C30H28F2N6. The Balaban J connectivity index is 1.41. The molecule has 0 spiro atoms. The Morgan fingerprint density at radius 1 is 0.632 bits per heavy atom. The first-order valence-corrected chi connectivity index (χ1v) is 12.7. The van der Waals surface area contributed by atoms with Crippen LogP contribution in [0.25, 0.3) is 16.4 Å². The van der Waals surface area contributed by atoms with E-state index in [4.69, 9.17) is 6.57 Å². The largest absolute Gasteiger partial charge is 0.368 e. The molecule has 3 aromatic carbocycles. The fourth-order valence-corrected chi connectivity index (χ4v) is 5.15. The van der Waals surface area contributed by atoms with Crippen LogP contribution in [0, 0.1) is 29.5 Å². The molecule has 192 valence electrons. The molecule has 6 nitrogen and oxygen atoms in total. The van der Waals surface area contributed by atoms with Gasteiger partial charge in [0.25, 0.3) is 5.70 Å². The molecule has 2 aliphatic rings. The fraction of sp³-hybridized carbons (Fsp3) is 0.267. The second kappa shape index (κ2) is 11.2. The zero-order valence-electron chi connectivity index (χ0n) is 21.0. The van der Waals surface area contributed by atoms with Gasteiger partial charge in [0, 0.05) is 69.0 Å². The molecule has 0 N–H and O–H groups in total. The molecule has 38 heavy (non-hydrogen) atoms. The van der Waals surface area contributed by atoms with Crippen molar-refractivity contribution in [3.8, 4) is 6.07 Å². The van der Waals surface area contributed by atoms with Crippen molar-refractivity contribution in [2.75, 3.05) is 62.2 Å². The van der Waals surface area contributed by atoms with Crippen LogP contribution in [-0.2, 0) is 0 Å². The molecule has 3 aromatic rings. The van der Waals surface area contributed by atoms with Gasteiger partial charge in [-0.3, -0.25) is 0 Å². The minimum atomic E-state index is -0.235. The summed E-state index contributed by atoms with van der Waals surface area (Å²) in [5.74, 6) is 0.665. The third-order valence-corrected chi connectivity index (χ3v) is 7.18. The molecule has 0 amide bonds. The van der Waals surface area contributed by atoms with E-state index in [0.29, 0.717) is 5.22 Å². The van der Waals surface area contributed by atoms with Gasteiger partial charge in [0.1, 0.15) is 17.5 Å². The van der Waals surface area contributed by atoms with E-state index in [1.54, 1.807) is 0 Å². The van der Waals surface area contributed by atoms with Crippen molar-refractivity contribution in [1.29, 1.82) is 5.26 Å². The third kappa shape index (κ3) is 5.40. The average molecular weight is 511 g/mol. The van der Waals surface area contributed by atoms with Gasteiger partial charge >= 0.3 is 0 Å². The lowest BCUT2D eigenvalue weighted by molar-refractivity contribution is 0.256. The first-order chi connectivity index (χ1) is 18.6. The van der Waals surface area contributed by atoms with E-state index >= 15 is 0 Å². The summed E-state index contributed by atoms with van der Waals surface area (Å²) in [6, 6.07) is 22.9. The van der Waals surface area contributed by atoms with E-state index in [0.717, 1.165) is 74.8 Å². The van der Waals surface area contributed by atoms with Crippen LogP contribution < -0.4 is 20.2 Å². The van der Waals surface area contributed by atoms with Crippen LogP contribution in [0.15, 0.2) is 72.8 Å².